The second kappa shape index (κ2) is 13.0. The van der Waals surface area contributed by atoms with Gasteiger partial charge < -0.3 is 24.8 Å². The first kappa shape index (κ1) is 25.7. The van der Waals surface area contributed by atoms with Crippen LogP contribution in [0.2, 0.25) is 0 Å². The fourth-order valence-corrected chi connectivity index (χ4v) is 4.74. The van der Waals surface area contributed by atoms with E-state index in [0.29, 0.717) is 0 Å². The van der Waals surface area contributed by atoms with Gasteiger partial charge in [0.25, 0.3) is 0 Å². The maximum absolute atomic E-state index is 2.31. The van der Waals surface area contributed by atoms with Crippen LogP contribution in [0.1, 0.15) is 11.1 Å². The second-order valence-electron chi connectivity index (χ2n) is 6.39. The summed E-state index contributed by atoms with van der Waals surface area (Å²) < 4.78 is 0. The number of fused-ring (bicyclic) bond motifs is 1. The molecule has 4 heteroatoms. The third-order valence-corrected chi connectivity index (χ3v) is 6.33. The molecule has 0 N–H and O–H groups in total. The van der Waals surface area contributed by atoms with Crippen molar-refractivity contribution in [3.8, 4) is 5.30 Å². The predicted octanol–water partition coefficient (Wildman–Crippen LogP) is 1.54. The van der Waals surface area contributed by atoms with Crippen LogP contribution in [-0.2, 0) is 32.6 Å². The van der Waals surface area contributed by atoms with Crippen molar-refractivity contribution in [3.05, 3.63) is 126 Å². The summed E-state index contributed by atoms with van der Waals surface area (Å²) in [5.41, 5.74) is 2.77. The molecule has 1 heterocycles. The van der Waals surface area contributed by atoms with E-state index in [1.807, 2.05) is 0 Å². The van der Waals surface area contributed by atoms with E-state index in [2.05, 4.69) is 115 Å². The van der Waals surface area contributed by atoms with Gasteiger partial charge in [0, 0.05) is 0 Å². The van der Waals surface area contributed by atoms with E-state index < -0.39 is 0 Å². The molecule has 0 saturated carbocycles. The summed E-state index contributed by atoms with van der Waals surface area (Å²) in [6.07, 6.45) is 1.05. The molecule has 29 heavy (non-hydrogen) atoms. The Labute approximate surface area is 205 Å². The van der Waals surface area contributed by atoms with E-state index in [1.165, 1.54) is 27.2 Å². The number of benzene rings is 2. The largest absolute Gasteiger partial charge is 4.00 e. The monoisotopic (exact) mass is 512 g/mol. The predicted molar refractivity (Wildman–Crippen MR) is 115 cm³/mol. The zero-order valence-corrected chi connectivity index (χ0v) is 20.7. The average molecular weight is 515 g/mol. The minimum absolute atomic E-state index is 0. The van der Waals surface area contributed by atoms with E-state index in [1.54, 1.807) is 0 Å². The average Bonchev–Trinajstić information content (AvgIpc) is 3.44. The van der Waals surface area contributed by atoms with Crippen LogP contribution in [0.3, 0.4) is 0 Å². The van der Waals surface area contributed by atoms with Crippen LogP contribution in [0.4, 0.5) is 0 Å². The van der Waals surface area contributed by atoms with Gasteiger partial charge in [0.15, 0.2) is 0 Å². The molecular weight excluding hydrogens is 493 g/mol. The summed E-state index contributed by atoms with van der Waals surface area (Å²) in [4.78, 5) is 0. The first-order valence-electron chi connectivity index (χ1n) is 8.92. The smallest absolute Gasteiger partial charge is 1.00 e. The second-order valence-corrected chi connectivity index (χ2v) is 8.32. The molecule has 5 aromatic rings. The molecule has 0 saturated heterocycles. The summed E-state index contributed by atoms with van der Waals surface area (Å²) in [6, 6.07) is 36.5. The van der Waals surface area contributed by atoms with Gasteiger partial charge in [-0.1, -0.05) is 59.4 Å². The van der Waals surface area contributed by atoms with Gasteiger partial charge >= 0.3 is 26.2 Å². The first-order valence-corrected chi connectivity index (χ1v) is 10.4. The van der Waals surface area contributed by atoms with Crippen LogP contribution in [0.25, 0.3) is 16.1 Å². The maximum Gasteiger partial charge on any atom is 4.00 e. The number of hydrogen-bond acceptors (Lipinski definition) is 0. The fraction of sp³-hybridized carbons (Fsp3) is 0.0400. The Morgan fingerprint density at radius 1 is 0.724 bits per heavy atom. The summed E-state index contributed by atoms with van der Waals surface area (Å²) in [5, 5.41) is 4.18. The zero-order chi connectivity index (χ0) is 17.6. The van der Waals surface area contributed by atoms with E-state index in [-0.39, 0.29) is 58.6 Å². The Morgan fingerprint density at radius 2 is 1.34 bits per heavy atom. The molecule has 0 bridgehead atoms. The molecule has 144 valence electrons. The third kappa shape index (κ3) is 7.13. The third-order valence-electron chi connectivity index (χ3n) is 4.49. The van der Waals surface area contributed by atoms with Crippen LogP contribution in [0.15, 0.2) is 115 Å². The topological polar surface area (TPSA) is 0 Å². The molecule has 0 amide bonds. The van der Waals surface area contributed by atoms with Gasteiger partial charge in [0.1, 0.15) is 0 Å². The zero-order valence-electron chi connectivity index (χ0n) is 15.9. The van der Waals surface area contributed by atoms with E-state index in [9.17, 15) is 0 Å². The van der Waals surface area contributed by atoms with E-state index in [4.69, 9.17) is 0 Å². The maximum atomic E-state index is 2.31. The van der Waals surface area contributed by atoms with Crippen molar-refractivity contribution in [2.24, 2.45) is 0 Å². The molecule has 0 fully saturated rings. The molecule has 0 aliphatic carbocycles. The Morgan fingerprint density at radius 3 is 2.00 bits per heavy atom. The summed E-state index contributed by atoms with van der Waals surface area (Å²) in [6.45, 7) is 0. The van der Waals surface area contributed by atoms with Crippen LogP contribution in [-0.4, -0.2) is 0 Å². The number of halogens is 2. The van der Waals surface area contributed by atoms with Crippen LogP contribution in [0.5, 0.6) is 0 Å². The van der Waals surface area contributed by atoms with Crippen LogP contribution < -0.4 is 24.8 Å². The number of rotatable bonds is 3. The quantitative estimate of drug-likeness (QED) is 0.321. The summed E-state index contributed by atoms with van der Waals surface area (Å²) >= 11 is 0. The minimum Gasteiger partial charge on any atom is -1.00 e. The molecule has 0 radical (unpaired) electrons. The molecule has 0 aliphatic rings. The van der Waals surface area contributed by atoms with Crippen molar-refractivity contribution in [2.45, 2.75) is 6.42 Å². The normalized spacial score (nSPS) is 9.38. The van der Waals surface area contributed by atoms with Crippen molar-refractivity contribution >= 4 is 18.3 Å². The molecule has 0 unspecified atom stereocenters. The summed E-state index contributed by atoms with van der Waals surface area (Å²) in [5.74, 6) is 4.59. The minimum atomic E-state index is -0.148. The van der Waals surface area contributed by atoms with Gasteiger partial charge in [-0.05, 0) is 18.0 Å². The van der Waals surface area contributed by atoms with Crippen molar-refractivity contribution in [3.63, 3.8) is 0 Å². The van der Waals surface area contributed by atoms with E-state index >= 15 is 0 Å². The molecule has 1 aromatic heterocycles. The molecule has 0 atom stereocenters. The van der Waals surface area contributed by atoms with Gasteiger partial charge in [-0.15, -0.1) is 42.6 Å². The van der Waals surface area contributed by atoms with Gasteiger partial charge in [0.05, 0.1) is 0 Å². The van der Waals surface area contributed by atoms with Gasteiger partial charge in [-0.2, -0.15) is 23.8 Å². The Kier molecular flexibility index (Phi) is 11.6. The molecule has 0 aliphatic heterocycles. The molecule has 0 nitrogen and oxygen atoms in total. The van der Waals surface area contributed by atoms with Crippen LogP contribution in [0, 0.1) is 0 Å². The van der Waals surface area contributed by atoms with Gasteiger partial charge in [-0.25, -0.2) is 12.1 Å². The van der Waals surface area contributed by atoms with Crippen molar-refractivity contribution in [2.75, 3.05) is 0 Å². The molecular formula is C25H21Cl2PZr. The van der Waals surface area contributed by atoms with E-state index in [0.717, 1.165) is 6.42 Å². The van der Waals surface area contributed by atoms with Crippen molar-refractivity contribution in [1.82, 2.24) is 0 Å². The summed E-state index contributed by atoms with van der Waals surface area (Å²) in [7, 11) is -0.148. The van der Waals surface area contributed by atoms with Crippen molar-refractivity contribution in [1.29, 1.82) is 0 Å². The Balaban J connectivity index is 0.000000266. The van der Waals surface area contributed by atoms with Gasteiger partial charge in [0.2, 0.25) is 0 Å². The first-order chi connectivity index (χ1) is 12.9. The Hall–Kier alpha value is -1.36. The standard InChI is InChI=1S/C13H10P.C12H11.2ClH.Zr/c1-2-6-12-10-13(9-11(12)5-1)14-7-3-4-8-14;1-2-6-11(7-3-1)10-12-8-4-5-9-12;;;/h1-10H;1-9H,10H2;2*1H;/q2*-1;;;+4/p-2. The Bertz CT molecular complexity index is 1020. The molecule has 5 rings (SSSR count). The van der Waals surface area contributed by atoms with Crippen LogP contribution >= 0.6 is 7.53 Å². The fourth-order valence-electron chi connectivity index (χ4n) is 3.15. The number of hydrogen-bond donors (Lipinski definition) is 0. The molecule has 4 aromatic carbocycles. The SMILES string of the molecule is [Cl-].[Cl-].[Zr+4].c1ccc(C[c-]2cccc2)cc1.c1ccc2[cH-]c(-p3cccc3)cc2c1. The molecule has 0 spiro atoms. The van der Waals surface area contributed by atoms with Gasteiger partial charge in [-0.3, -0.25) is 0 Å². The van der Waals surface area contributed by atoms with Crippen molar-refractivity contribution < 1.29 is 51.0 Å².